The molecule has 3 amide bonds. The molecular weight excluding hydrogens is 394 g/mol. The molecule has 0 heterocycles. The molecule has 0 unspecified atom stereocenters. The fourth-order valence-corrected chi connectivity index (χ4v) is 2.58. The number of benzene rings is 2. The first-order valence-electron chi connectivity index (χ1n) is 9.02. The van der Waals surface area contributed by atoms with Gasteiger partial charge in [-0.05, 0) is 50.6 Å². The van der Waals surface area contributed by atoms with Crippen LogP contribution in [0.4, 0.5) is 10.5 Å². The number of nitrogens with one attached hydrogen (secondary N) is 3. The molecule has 0 saturated heterocycles. The highest BCUT2D eigenvalue weighted by Gasteiger charge is 2.16. The second-order valence-corrected chi connectivity index (χ2v) is 7.67. The van der Waals surface area contributed by atoms with E-state index < -0.39 is 17.6 Å². The van der Waals surface area contributed by atoms with Crippen LogP contribution in [0.15, 0.2) is 48.5 Å². The van der Waals surface area contributed by atoms with Crippen molar-refractivity contribution in [3.63, 3.8) is 0 Å². The fourth-order valence-electron chi connectivity index (χ4n) is 2.35. The first kappa shape index (κ1) is 22.2. The minimum Gasteiger partial charge on any atom is -0.444 e. The maximum atomic E-state index is 12.2. The molecule has 0 aliphatic rings. The number of alkyl carbamates (subject to hydrolysis) is 1. The summed E-state index contributed by atoms with van der Waals surface area (Å²) in [6, 6.07) is 13.8. The Morgan fingerprint density at radius 3 is 2.41 bits per heavy atom. The lowest BCUT2D eigenvalue weighted by Crippen LogP contribution is -2.37. The Kier molecular flexibility index (Phi) is 7.61. The Hall–Kier alpha value is -3.06. The van der Waals surface area contributed by atoms with Crippen LogP contribution < -0.4 is 16.0 Å². The smallest absolute Gasteiger partial charge is 0.408 e. The summed E-state index contributed by atoms with van der Waals surface area (Å²) in [5, 5.41) is 8.25. The van der Waals surface area contributed by atoms with E-state index in [1.165, 1.54) is 0 Å². The largest absolute Gasteiger partial charge is 0.444 e. The predicted octanol–water partition coefficient (Wildman–Crippen LogP) is 3.73. The van der Waals surface area contributed by atoms with Crippen molar-refractivity contribution in [3.8, 4) is 0 Å². The number of amides is 3. The van der Waals surface area contributed by atoms with E-state index in [9.17, 15) is 14.4 Å². The Balaban J connectivity index is 1.86. The molecule has 3 N–H and O–H groups in total. The van der Waals surface area contributed by atoms with Crippen molar-refractivity contribution >= 4 is 35.2 Å². The molecule has 2 rings (SSSR count). The molecule has 8 heteroatoms. The molecule has 0 spiro atoms. The monoisotopic (exact) mass is 417 g/mol. The van der Waals surface area contributed by atoms with Gasteiger partial charge in [0, 0.05) is 12.2 Å². The second kappa shape index (κ2) is 9.93. The van der Waals surface area contributed by atoms with Crippen molar-refractivity contribution in [2.24, 2.45) is 0 Å². The summed E-state index contributed by atoms with van der Waals surface area (Å²) in [5.74, 6) is -0.681. The molecule has 0 aliphatic carbocycles. The van der Waals surface area contributed by atoms with Gasteiger partial charge in [0.2, 0.25) is 5.91 Å². The normalized spacial score (nSPS) is 10.8. The molecule has 2 aromatic rings. The van der Waals surface area contributed by atoms with E-state index in [2.05, 4.69) is 16.0 Å². The van der Waals surface area contributed by atoms with Gasteiger partial charge >= 0.3 is 6.09 Å². The zero-order valence-electron chi connectivity index (χ0n) is 16.5. The summed E-state index contributed by atoms with van der Waals surface area (Å²) in [6.45, 7) is 5.26. The van der Waals surface area contributed by atoms with Crippen LogP contribution in [0.2, 0.25) is 5.02 Å². The van der Waals surface area contributed by atoms with Crippen molar-refractivity contribution in [1.82, 2.24) is 10.6 Å². The number of rotatable bonds is 6. The van der Waals surface area contributed by atoms with Gasteiger partial charge in [-0.1, -0.05) is 35.9 Å². The Labute approximate surface area is 174 Å². The minimum absolute atomic E-state index is 0.220. The van der Waals surface area contributed by atoms with Gasteiger partial charge in [-0.3, -0.25) is 9.59 Å². The van der Waals surface area contributed by atoms with Crippen molar-refractivity contribution in [2.45, 2.75) is 32.9 Å². The Morgan fingerprint density at radius 2 is 1.72 bits per heavy atom. The van der Waals surface area contributed by atoms with Gasteiger partial charge in [0.05, 0.1) is 10.6 Å². The average molecular weight is 418 g/mol. The lowest BCUT2D eigenvalue weighted by molar-refractivity contribution is -0.115. The molecular formula is C21H24ClN3O4. The van der Waals surface area contributed by atoms with E-state index >= 15 is 0 Å². The van der Waals surface area contributed by atoms with E-state index in [4.69, 9.17) is 16.3 Å². The summed E-state index contributed by atoms with van der Waals surface area (Å²) in [4.78, 5) is 35.8. The topological polar surface area (TPSA) is 96.5 Å². The standard InChI is InChI=1S/C21H24ClN3O4/c1-21(2,3)29-20(28)24-13-18(26)25-15-8-6-7-14(11-15)12-23-19(27)16-9-4-5-10-17(16)22/h4-11H,12-13H2,1-3H3,(H,23,27)(H,24,28)(H,25,26). The van der Waals surface area contributed by atoms with E-state index in [0.29, 0.717) is 16.3 Å². The van der Waals surface area contributed by atoms with Gasteiger partial charge < -0.3 is 20.7 Å². The van der Waals surface area contributed by atoms with Gasteiger partial charge in [0.1, 0.15) is 12.1 Å². The molecule has 0 saturated carbocycles. The number of carbonyl (C=O) groups excluding carboxylic acids is 3. The Bertz CT molecular complexity index is 893. The summed E-state index contributed by atoms with van der Waals surface area (Å²) in [5.41, 5.74) is 1.10. The molecule has 0 aliphatic heterocycles. The average Bonchev–Trinajstić information content (AvgIpc) is 2.64. The van der Waals surface area contributed by atoms with E-state index in [0.717, 1.165) is 5.56 Å². The number of carbonyl (C=O) groups is 3. The molecule has 0 fully saturated rings. The zero-order valence-corrected chi connectivity index (χ0v) is 17.3. The van der Waals surface area contributed by atoms with Gasteiger partial charge in [0.15, 0.2) is 0 Å². The molecule has 0 radical (unpaired) electrons. The predicted molar refractivity (Wildman–Crippen MR) is 112 cm³/mol. The van der Waals surface area contributed by atoms with Gasteiger partial charge in [-0.15, -0.1) is 0 Å². The SMILES string of the molecule is CC(C)(C)OC(=O)NCC(=O)Nc1cccc(CNC(=O)c2ccccc2Cl)c1. The third-order valence-electron chi connectivity index (χ3n) is 3.57. The number of hydrogen-bond acceptors (Lipinski definition) is 4. The third-order valence-corrected chi connectivity index (χ3v) is 3.90. The van der Waals surface area contributed by atoms with E-state index in [1.54, 1.807) is 63.2 Å². The highest BCUT2D eigenvalue weighted by atomic mass is 35.5. The fraction of sp³-hybridized carbons (Fsp3) is 0.286. The summed E-state index contributed by atoms with van der Waals surface area (Å²) < 4.78 is 5.08. The van der Waals surface area contributed by atoms with Crippen molar-refractivity contribution in [1.29, 1.82) is 0 Å². The van der Waals surface area contributed by atoms with E-state index in [1.807, 2.05) is 6.07 Å². The second-order valence-electron chi connectivity index (χ2n) is 7.27. The van der Waals surface area contributed by atoms with Crippen LogP contribution in [0.25, 0.3) is 0 Å². The summed E-state index contributed by atoms with van der Waals surface area (Å²) in [6.07, 6.45) is -0.663. The molecule has 0 bridgehead atoms. The number of ether oxygens (including phenoxy) is 1. The first-order valence-corrected chi connectivity index (χ1v) is 9.40. The molecule has 7 nitrogen and oxygen atoms in total. The van der Waals surface area contributed by atoms with Gasteiger partial charge in [-0.2, -0.15) is 0 Å². The highest BCUT2D eigenvalue weighted by molar-refractivity contribution is 6.33. The van der Waals surface area contributed by atoms with Crippen LogP contribution in [0.1, 0.15) is 36.7 Å². The minimum atomic E-state index is -0.663. The lowest BCUT2D eigenvalue weighted by Gasteiger charge is -2.19. The van der Waals surface area contributed by atoms with Crippen molar-refractivity contribution < 1.29 is 19.1 Å². The molecule has 2 aromatic carbocycles. The molecule has 29 heavy (non-hydrogen) atoms. The maximum Gasteiger partial charge on any atom is 0.408 e. The van der Waals surface area contributed by atoms with E-state index in [-0.39, 0.29) is 19.0 Å². The van der Waals surface area contributed by atoms with Crippen LogP contribution in [-0.4, -0.2) is 30.1 Å². The molecule has 154 valence electrons. The number of halogens is 1. The number of hydrogen-bond donors (Lipinski definition) is 3. The maximum absolute atomic E-state index is 12.2. The van der Waals surface area contributed by atoms with Crippen molar-refractivity contribution in [3.05, 3.63) is 64.7 Å². The molecule has 0 atom stereocenters. The van der Waals surface area contributed by atoms with Crippen LogP contribution in [0, 0.1) is 0 Å². The van der Waals surface area contributed by atoms with Crippen LogP contribution in [0.3, 0.4) is 0 Å². The third kappa shape index (κ3) is 7.83. The highest BCUT2D eigenvalue weighted by Crippen LogP contribution is 2.15. The van der Waals surface area contributed by atoms with Crippen LogP contribution >= 0.6 is 11.6 Å². The quantitative estimate of drug-likeness (QED) is 0.667. The van der Waals surface area contributed by atoms with Crippen LogP contribution in [0.5, 0.6) is 0 Å². The van der Waals surface area contributed by atoms with Crippen molar-refractivity contribution in [2.75, 3.05) is 11.9 Å². The lowest BCUT2D eigenvalue weighted by atomic mass is 10.1. The van der Waals surface area contributed by atoms with Gasteiger partial charge in [0.25, 0.3) is 5.91 Å². The van der Waals surface area contributed by atoms with Gasteiger partial charge in [-0.25, -0.2) is 4.79 Å². The molecule has 0 aromatic heterocycles. The number of anilines is 1. The first-order chi connectivity index (χ1) is 13.6. The summed E-state index contributed by atoms with van der Waals surface area (Å²) >= 11 is 6.02. The summed E-state index contributed by atoms with van der Waals surface area (Å²) in [7, 11) is 0. The zero-order chi connectivity index (χ0) is 21.4. The van der Waals surface area contributed by atoms with Crippen LogP contribution in [-0.2, 0) is 16.1 Å². The Morgan fingerprint density at radius 1 is 1.00 bits per heavy atom.